The van der Waals surface area contributed by atoms with Crippen LogP contribution >= 0.6 is 0 Å². The topological polar surface area (TPSA) is 41.1 Å². The fourth-order valence-electron chi connectivity index (χ4n) is 1.47. The lowest BCUT2D eigenvalue weighted by Crippen LogP contribution is -2.41. The standard InChI is InChI=1S/C10H22N2O/c1-5-7-9(11-4)8(3)10(13)12-6-2/h8-9,11H,5-7H2,1-4H3,(H,12,13). The molecule has 13 heavy (non-hydrogen) atoms. The Morgan fingerprint density at radius 2 is 2.00 bits per heavy atom. The molecule has 2 unspecified atom stereocenters. The molecule has 0 heterocycles. The van der Waals surface area contributed by atoms with E-state index in [0.717, 1.165) is 12.8 Å². The van der Waals surface area contributed by atoms with Crippen molar-refractivity contribution in [1.29, 1.82) is 0 Å². The van der Waals surface area contributed by atoms with E-state index in [1.165, 1.54) is 0 Å². The molecule has 0 bridgehead atoms. The molecule has 0 saturated carbocycles. The minimum atomic E-state index is 0.0601. The minimum Gasteiger partial charge on any atom is -0.356 e. The fourth-order valence-corrected chi connectivity index (χ4v) is 1.47. The number of hydrogen-bond acceptors (Lipinski definition) is 2. The van der Waals surface area contributed by atoms with Crippen LogP contribution in [0.2, 0.25) is 0 Å². The zero-order valence-corrected chi connectivity index (χ0v) is 9.18. The van der Waals surface area contributed by atoms with Gasteiger partial charge in [-0.05, 0) is 20.4 Å². The summed E-state index contributed by atoms with van der Waals surface area (Å²) in [5.74, 6) is 0.209. The van der Waals surface area contributed by atoms with Crippen LogP contribution in [0.4, 0.5) is 0 Å². The molecule has 78 valence electrons. The highest BCUT2D eigenvalue weighted by Gasteiger charge is 2.20. The summed E-state index contributed by atoms with van der Waals surface area (Å²) in [6.45, 7) is 6.77. The van der Waals surface area contributed by atoms with Gasteiger partial charge in [0.15, 0.2) is 0 Å². The first-order chi connectivity index (χ1) is 6.17. The summed E-state index contributed by atoms with van der Waals surface area (Å²) in [6.07, 6.45) is 2.16. The Balaban J connectivity index is 4.02. The van der Waals surface area contributed by atoms with Crippen LogP contribution in [0.5, 0.6) is 0 Å². The predicted octanol–water partition coefficient (Wildman–Crippen LogP) is 1.15. The van der Waals surface area contributed by atoms with Crippen LogP contribution in [0.3, 0.4) is 0 Å². The number of rotatable bonds is 6. The molecule has 0 radical (unpaired) electrons. The maximum atomic E-state index is 11.5. The molecule has 0 aromatic rings. The van der Waals surface area contributed by atoms with Gasteiger partial charge in [-0.2, -0.15) is 0 Å². The lowest BCUT2D eigenvalue weighted by atomic mass is 9.97. The lowest BCUT2D eigenvalue weighted by molar-refractivity contribution is -0.125. The molecule has 0 spiro atoms. The molecule has 0 aliphatic carbocycles. The molecule has 0 aliphatic heterocycles. The maximum absolute atomic E-state index is 11.5. The predicted molar refractivity (Wildman–Crippen MR) is 55.6 cm³/mol. The van der Waals surface area contributed by atoms with Crippen molar-refractivity contribution in [2.24, 2.45) is 5.92 Å². The van der Waals surface area contributed by atoms with Crippen molar-refractivity contribution in [3.63, 3.8) is 0 Å². The summed E-state index contributed by atoms with van der Waals surface area (Å²) in [6, 6.07) is 0.302. The van der Waals surface area contributed by atoms with Crippen molar-refractivity contribution in [2.45, 2.75) is 39.7 Å². The van der Waals surface area contributed by atoms with Gasteiger partial charge < -0.3 is 10.6 Å². The number of amides is 1. The summed E-state index contributed by atoms with van der Waals surface area (Å²) >= 11 is 0. The van der Waals surface area contributed by atoms with Crippen molar-refractivity contribution in [2.75, 3.05) is 13.6 Å². The van der Waals surface area contributed by atoms with Gasteiger partial charge >= 0.3 is 0 Å². The van der Waals surface area contributed by atoms with Crippen LogP contribution in [-0.4, -0.2) is 25.5 Å². The van der Waals surface area contributed by atoms with E-state index in [-0.39, 0.29) is 11.8 Å². The van der Waals surface area contributed by atoms with Gasteiger partial charge in [0.2, 0.25) is 5.91 Å². The van der Waals surface area contributed by atoms with E-state index in [9.17, 15) is 4.79 Å². The SMILES string of the molecule is CCCC(NC)C(C)C(=O)NCC. The number of hydrogen-bond donors (Lipinski definition) is 2. The zero-order chi connectivity index (χ0) is 10.3. The van der Waals surface area contributed by atoms with E-state index in [0.29, 0.717) is 12.6 Å². The molecule has 3 heteroatoms. The average Bonchev–Trinajstić information content (AvgIpc) is 2.13. The zero-order valence-electron chi connectivity index (χ0n) is 9.18. The highest BCUT2D eigenvalue weighted by atomic mass is 16.1. The molecular weight excluding hydrogens is 164 g/mol. The van der Waals surface area contributed by atoms with Gasteiger partial charge in [0.25, 0.3) is 0 Å². The van der Waals surface area contributed by atoms with Crippen molar-refractivity contribution >= 4 is 5.91 Å². The van der Waals surface area contributed by atoms with Gasteiger partial charge in [-0.15, -0.1) is 0 Å². The Morgan fingerprint density at radius 3 is 2.38 bits per heavy atom. The Morgan fingerprint density at radius 1 is 1.38 bits per heavy atom. The van der Waals surface area contributed by atoms with Gasteiger partial charge in [0.1, 0.15) is 0 Å². The molecule has 0 aromatic carbocycles. The smallest absolute Gasteiger partial charge is 0.224 e. The van der Waals surface area contributed by atoms with Crippen LogP contribution < -0.4 is 10.6 Å². The van der Waals surface area contributed by atoms with E-state index < -0.39 is 0 Å². The number of carbonyl (C=O) groups excluding carboxylic acids is 1. The van der Waals surface area contributed by atoms with Crippen LogP contribution in [0.15, 0.2) is 0 Å². The highest BCUT2D eigenvalue weighted by Crippen LogP contribution is 2.08. The normalized spacial score (nSPS) is 15.1. The first-order valence-electron chi connectivity index (χ1n) is 5.12. The molecule has 2 N–H and O–H groups in total. The Labute approximate surface area is 81.3 Å². The molecular formula is C10H22N2O. The van der Waals surface area contributed by atoms with Crippen molar-refractivity contribution in [3.05, 3.63) is 0 Å². The number of carbonyl (C=O) groups is 1. The van der Waals surface area contributed by atoms with Crippen LogP contribution in [-0.2, 0) is 4.79 Å². The molecule has 2 atom stereocenters. The molecule has 0 aliphatic rings. The summed E-state index contributed by atoms with van der Waals surface area (Å²) in [5, 5.41) is 6.02. The third kappa shape index (κ3) is 4.27. The van der Waals surface area contributed by atoms with Gasteiger partial charge in [0, 0.05) is 12.6 Å². The third-order valence-electron chi connectivity index (χ3n) is 2.34. The van der Waals surface area contributed by atoms with E-state index in [4.69, 9.17) is 0 Å². The summed E-state index contributed by atoms with van der Waals surface area (Å²) in [5.41, 5.74) is 0. The second-order valence-electron chi connectivity index (χ2n) is 3.37. The van der Waals surface area contributed by atoms with Crippen LogP contribution in [0.1, 0.15) is 33.6 Å². The summed E-state index contributed by atoms with van der Waals surface area (Å²) in [4.78, 5) is 11.5. The molecule has 0 saturated heterocycles. The van der Waals surface area contributed by atoms with Crippen molar-refractivity contribution in [3.8, 4) is 0 Å². The van der Waals surface area contributed by atoms with E-state index >= 15 is 0 Å². The van der Waals surface area contributed by atoms with Crippen molar-refractivity contribution in [1.82, 2.24) is 10.6 Å². The average molecular weight is 186 g/mol. The first-order valence-corrected chi connectivity index (χ1v) is 5.12. The Bertz CT molecular complexity index is 148. The highest BCUT2D eigenvalue weighted by molar-refractivity contribution is 5.78. The summed E-state index contributed by atoms with van der Waals surface area (Å²) < 4.78 is 0. The second-order valence-corrected chi connectivity index (χ2v) is 3.37. The fraction of sp³-hybridized carbons (Fsp3) is 0.900. The van der Waals surface area contributed by atoms with Gasteiger partial charge in [-0.3, -0.25) is 4.79 Å². The van der Waals surface area contributed by atoms with Crippen molar-refractivity contribution < 1.29 is 4.79 Å². The first kappa shape index (κ1) is 12.4. The van der Waals surface area contributed by atoms with Gasteiger partial charge in [-0.1, -0.05) is 20.3 Å². The Kier molecular flexibility index (Phi) is 6.59. The van der Waals surface area contributed by atoms with Crippen LogP contribution in [0, 0.1) is 5.92 Å². The largest absolute Gasteiger partial charge is 0.356 e. The second kappa shape index (κ2) is 6.89. The van der Waals surface area contributed by atoms with E-state index in [1.54, 1.807) is 0 Å². The molecule has 0 fully saturated rings. The molecule has 1 amide bonds. The van der Waals surface area contributed by atoms with Gasteiger partial charge in [-0.25, -0.2) is 0 Å². The molecule has 0 rings (SSSR count). The van der Waals surface area contributed by atoms with E-state index in [1.807, 2.05) is 20.9 Å². The quantitative estimate of drug-likeness (QED) is 0.653. The van der Waals surface area contributed by atoms with Gasteiger partial charge in [0.05, 0.1) is 5.92 Å². The lowest BCUT2D eigenvalue weighted by Gasteiger charge is -2.21. The summed E-state index contributed by atoms with van der Waals surface area (Å²) in [7, 11) is 1.91. The monoisotopic (exact) mass is 186 g/mol. The minimum absolute atomic E-state index is 0.0601. The molecule has 0 aromatic heterocycles. The maximum Gasteiger partial charge on any atom is 0.224 e. The third-order valence-corrected chi connectivity index (χ3v) is 2.34. The Hall–Kier alpha value is -0.570. The van der Waals surface area contributed by atoms with E-state index in [2.05, 4.69) is 17.6 Å². The number of nitrogens with one attached hydrogen (secondary N) is 2. The molecule has 3 nitrogen and oxygen atoms in total. The van der Waals surface area contributed by atoms with Crippen LogP contribution in [0.25, 0.3) is 0 Å².